The van der Waals surface area contributed by atoms with Gasteiger partial charge in [0.2, 0.25) is 11.8 Å². The Morgan fingerprint density at radius 2 is 2.50 bits per heavy atom. The fraction of sp³-hybridized carbons (Fsp3) is 0.556. The standard InChI is InChI=1S/C9H14N6O3/c1-18-6-2-3-14(5-6)8-7(15(16)17)4-11-9(12-8)13-10/h4,6H,2-3,5,10H2,1H3,(H,11,12,13). The summed E-state index contributed by atoms with van der Waals surface area (Å²) in [5, 5.41) is 10.9. The van der Waals surface area contributed by atoms with Gasteiger partial charge in [0.25, 0.3) is 0 Å². The fourth-order valence-electron chi connectivity index (χ4n) is 1.91. The van der Waals surface area contributed by atoms with Crippen molar-refractivity contribution in [3.05, 3.63) is 16.3 Å². The van der Waals surface area contributed by atoms with E-state index < -0.39 is 4.92 Å². The zero-order chi connectivity index (χ0) is 13.1. The van der Waals surface area contributed by atoms with Gasteiger partial charge in [-0.05, 0) is 6.42 Å². The zero-order valence-corrected chi connectivity index (χ0v) is 9.87. The normalized spacial score (nSPS) is 19.0. The van der Waals surface area contributed by atoms with Crippen LogP contribution in [0.3, 0.4) is 0 Å². The highest BCUT2D eigenvalue weighted by Gasteiger charge is 2.29. The van der Waals surface area contributed by atoms with Crippen LogP contribution >= 0.6 is 0 Å². The van der Waals surface area contributed by atoms with Crippen LogP contribution in [0.25, 0.3) is 0 Å². The summed E-state index contributed by atoms with van der Waals surface area (Å²) in [7, 11) is 1.62. The molecule has 1 aromatic rings. The molecule has 9 nitrogen and oxygen atoms in total. The predicted molar refractivity (Wildman–Crippen MR) is 64.1 cm³/mol. The molecule has 9 heteroatoms. The van der Waals surface area contributed by atoms with E-state index in [-0.39, 0.29) is 23.6 Å². The van der Waals surface area contributed by atoms with Crippen molar-refractivity contribution in [3.8, 4) is 0 Å². The lowest BCUT2D eigenvalue weighted by Gasteiger charge is -2.17. The van der Waals surface area contributed by atoms with E-state index in [0.717, 1.165) is 12.6 Å². The number of nitro groups is 1. The monoisotopic (exact) mass is 254 g/mol. The third-order valence-corrected chi connectivity index (χ3v) is 2.85. The summed E-state index contributed by atoms with van der Waals surface area (Å²) in [4.78, 5) is 20.0. The molecule has 0 bridgehead atoms. The summed E-state index contributed by atoms with van der Waals surface area (Å²) in [5.74, 6) is 5.62. The van der Waals surface area contributed by atoms with Gasteiger partial charge < -0.3 is 9.64 Å². The van der Waals surface area contributed by atoms with Crippen LogP contribution in [-0.2, 0) is 4.74 Å². The van der Waals surface area contributed by atoms with E-state index in [1.54, 1.807) is 12.0 Å². The molecule has 18 heavy (non-hydrogen) atoms. The molecule has 2 rings (SSSR count). The van der Waals surface area contributed by atoms with E-state index in [2.05, 4.69) is 15.4 Å². The third kappa shape index (κ3) is 2.31. The SMILES string of the molecule is COC1CCN(c2nc(NN)ncc2[N+](=O)[O-])C1. The molecular weight excluding hydrogens is 240 g/mol. The van der Waals surface area contributed by atoms with Crippen molar-refractivity contribution in [3.63, 3.8) is 0 Å². The lowest BCUT2D eigenvalue weighted by molar-refractivity contribution is -0.384. The van der Waals surface area contributed by atoms with Crippen LogP contribution in [-0.4, -0.2) is 41.2 Å². The van der Waals surface area contributed by atoms with E-state index in [0.29, 0.717) is 13.1 Å². The number of anilines is 2. The first-order chi connectivity index (χ1) is 8.65. The number of nitrogens with two attached hydrogens (primary N) is 1. The molecule has 1 saturated heterocycles. The number of rotatable bonds is 4. The van der Waals surface area contributed by atoms with Crippen LogP contribution in [0.1, 0.15) is 6.42 Å². The van der Waals surface area contributed by atoms with Crippen molar-refractivity contribution >= 4 is 17.5 Å². The molecule has 0 spiro atoms. The second-order valence-corrected chi connectivity index (χ2v) is 3.90. The maximum Gasteiger partial charge on any atom is 0.329 e. The summed E-state index contributed by atoms with van der Waals surface area (Å²) < 4.78 is 5.22. The predicted octanol–water partition coefficient (Wildman–Crippen LogP) is -0.104. The van der Waals surface area contributed by atoms with Gasteiger partial charge in [-0.2, -0.15) is 4.98 Å². The van der Waals surface area contributed by atoms with Gasteiger partial charge in [-0.15, -0.1) is 0 Å². The Morgan fingerprint density at radius 3 is 3.06 bits per heavy atom. The molecule has 1 aliphatic heterocycles. The summed E-state index contributed by atoms with van der Waals surface area (Å²) in [6.45, 7) is 1.22. The fourth-order valence-corrected chi connectivity index (χ4v) is 1.91. The van der Waals surface area contributed by atoms with Crippen molar-refractivity contribution in [2.45, 2.75) is 12.5 Å². The lowest BCUT2D eigenvalue weighted by Crippen LogP contribution is -2.25. The molecule has 1 fully saturated rings. The number of hydrogen-bond donors (Lipinski definition) is 2. The van der Waals surface area contributed by atoms with E-state index in [1.807, 2.05) is 0 Å². The first kappa shape index (κ1) is 12.5. The first-order valence-corrected chi connectivity index (χ1v) is 5.41. The summed E-state index contributed by atoms with van der Waals surface area (Å²) >= 11 is 0. The Bertz CT molecular complexity index is 454. The van der Waals surface area contributed by atoms with Gasteiger partial charge in [0.1, 0.15) is 6.20 Å². The summed E-state index contributed by atoms with van der Waals surface area (Å²) in [6, 6.07) is 0. The summed E-state index contributed by atoms with van der Waals surface area (Å²) in [6.07, 6.45) is 2.02. The van der Waals surface area contributed by atoms with Gasteiger partial charge in [-0.3, -0.25) is 15.5 Å². The molecule has 1 atom stereocenters. The van der Waals surface area contributed by atoms with Gasteiger partial charge in [0.15, 0.2) is 0 Å². The minimum absolute atomic E-state index is 0.0638. The van der Waals surface area contributed by atoms with Gasteiger partial charge >= 0.3 is 5.69 Å². The first-order valence-electron chi connectivity index (χ1n) is 5.41. The van der Waals surface area contributed by atoms with E-state index in [4.69, 9.17) is 10.6 Å². The molecule has 1 unspecified atom stereocenters. The maximum atomic E-state index is 10.9. The lowest BCUT2D eigenvalue weighted by atomic mass is 10.3. The number of nitrogens with one attached hydrogen (secondary N) is 1. The molecule has 0 amide bonds. The van der Waals surface area contributed by atoms with E-state index >= 15 is 0 Å². The second kappa shape index (κ2) is 5.10. The summed E-state index contributed by atoms with van der Waals surface area (Å²) in [5.41, 5.74) is 2.15. The van der Waals surface area contributed by atoms with Crippen molar-refractivity contribution in [1.29, 1.82) is 0 Å². The van der Waals surface area contributed by atoms with Crippen LogP contribution in [0.4, 0.5) is 17.5 Å². The number of ether oxygens (including phenoxy) is 1. The quantitative estimate of drug-likeness (QED) is 0.434. The van der Waals surface area contributed by atoms with Crippen LogP contribution in [0, 0.1) is 10.1 Å². The van der Waals surface area contributed by atoms with Crippen molar-refractivity contribution in [2.75, 3.05) is 30.5 Å². The highest BCUT2D eigenvalue weighted by atomic mass is 16.6. The van der Waals surface area contributed by atoms with Crippen LogP contribution in [0.2, 0.25) is 0 Å². The number of nitrogen functional groups attached to an aromatic ring is 1. The van der Waals surface area contributed by atoms with Gasteiger partial charge in [0.05, 0.1) is 11.0 Å². The Kier molecular flexibility index (Phi) is 3.53. The zero-order valence-electron chi connectivity index (χ0n) is 9.87. The smallest absolute Gasteiger partial charge is 0.329 e. The Labute approximate surface area is 103 Å². The number of aromatic nitrogens is 2. The van der Waals surface area contributed by atoms with E-state index in [9.17, 15) is 10.1 Å². The molecule has 3 N–H and O–H groups in total. The number of hydrogen-bond acceptors (Lipinski definition) is 8. The Balaban J connectivity index is 2.32. The second-order valence-electron chi connectivity index (χ2n) is 3.90. The number of hydrazine groups is 1. The minimum atomic E-state index is -0.504. The molecule has 2 heterocycles. The highest BCUT2D eigenvalue weighted by Crippen LogP contribution is 2.29. The largest absolute Gasteiger partial charge is 0.380 e. The molecule has 0 radical (unpaired) electrons. The minimum Gasteiger partial charge on any atom is -0.380 e. The average Bonchev–Trinajstić information content (AvgIpc) is 2.86. The highest BCUT2D eigenvalue weighted by molar-refractivity contribution is 5.59. The third-order valence-electron chi connectivity index (χ3n) is 2.85. The van der Waals surface area contributed by atoms with Crippen LogP contribution in [0.5, 0.6) is 0 Å². The van der Waals surface area contributed by atoms with Crippen molar-refractivity contribution < 1.29 is 9.66 Å². The average molecular weight is 254 g/mol. The molecule has 98 valence electrons. The Hall–Kier alpha value is -2.00. The molecule has 1 aromatic heterocycles. The molecule has 0 aromatic carbocycles. The van der Waals surface area contributed by atoms with Crippen molar-refractivity contribution in [2.24, 2.45) is 5.84 Å². The number of nitrogens with zero attached hydrogens (tertiary/aromatic N) is 4. The molecular formula is C9H14N6O3. The Morgan fingerprint density at radius 1 is 1.72 bits per heavy atom. The number of methoxy groups -OCH3 is 1. The maximum absolute atomic E-state index is 10.9. The van der Waals surface area contributed by atoms with Gasteiger partial charge in [0, 0.05) is 20.2 Å². The van der Waals surface area contributed by atoms with Crippen LogP contribution < -0.4 is 16.2 Å². The topological polar surface area (TPSA) is 119 Å². The van der Waals surface area contributed by atoms with Crippen LogP contribution in [0.15, 0.2) is 6.20 Å². The van der Waals surface area contributed by atoms with Gasteiger partial charge in [-0.25, -0.2) is 10.8 Å². The van der Waals surface area contributed by atoms with Crippen molar-refractivity contribution in [1.82, 2.24) is 9.97 Å². The van der Waals surface area contributed by atoms with Gasteiger partial charge in [-0.1, -0.05) is 0 Å². The molecule has 0 aliphatic carbocycles. The molecule has 0 saturated carbocycles. The van der Waals surface area contributed by atoms with E-state index in [1.165, 1.54) is 0 Å². The molecule has 1 aliphatic rings.